The maximum atomic E-state index is 11.2. The molecule has 2 rings (SSSR count). The van der Waals surface area contributed by atoms with E-state index in [2.05, 4.69) is 22.2 Å². The molecule has 0 aromatic carbocycles. The van der Waals surface area contributed by atoms with Crippen LogP contribution in [0.2, 0.25) is 5.15 Å². The average Bonchev–Trinajstić information content (AvgIpc) is 2.45. The first-order chi connectivity index (χ1) is 10.0. The zero-order valence-corrected chi connectivity index (χ0v) is 13.4. The quantitative estimate of drug-likeness (QED) is 0.819. The van der Waals surface area contributed by atoms with E-state index in [1.165, 1.54) is 0 Å². The lowest BCUT2D eigenvalue weighted by molar-refractivity contribution is -0.122. The van der Waals surface area contributed by atoms with E-state index in [1.54, 1.807) is 0 Å². The second kappa shape index (κ2) is 7.07. The van der Waals surface area contributed by atoms with E-state index in [0.29, 0.717) is 11.2 Å². The molecule has 0 saturated heterocycles. The van der Waals surface area contributed by atoms with E-state index in [0.717, 1.165) is 55.7 Å². The number of carbonyl (C=O) groups excluding carboxylic acids is 1. The van der Waals surface area contributed by atoms with Crippen molar-refractivity contribution in [2.45, 2.75) is 58.4 Å². The van der Waals surface area contributed by atoms with Crippen LogP contribution < -0.4 is 11.1 Å². The molecule has 0 spiro atoms. The number of aromatic nitrogens is 2. The number of nitrogens with one attached hydrogen (secondary N) is 1. The Morgan fingerprint density at radius 1 is 1.33 bits per heavy atom. The van der Waals surface area contributed by atoms with Gasteiger partial charge in [0.2, 0.25) is 5.91 Å². The fraction of sp³-hybridized carbons (Fsp3) is 0.667. The van der Waals surface area contributed by atoms with Gasteiger partial charge in [0.1, 0.15) is 16.8 Å². The lowest BCUT2D eigenvalue weighted by Crippen LogP contribution is -2.32. The highest BCUT2D eigenvalue weighted by atomic mass is 35.5. The molecule has 1 heterocycles. The smallest absolute Gasteiger partial charge is 0.220 e. The Kier molecular flexibility index (Phi) is 5.39. The molecule has 21 heavy (non-hydrogen) atoms. The van der Waals surface area contributed by atoms with E-state index in [1.807, 2.05) is 6.92 Å². The second-order valence-corrected chi connectivity index (χ2v) is 6.11. The Labute approximate surface area is 130 Å². The van der Waals surface area contributed by atoms with Crippen LogP contribution in [0.15, 0.2) is 0 Å². The Morgan fingerprint density at radius 3 is 2.57 bits per heavy atom. The third-order valence-electron chi connectivity index (χ3n) is 4.08. The van der Waals surface area contributed by atoms with E-state index < -0.39 is 0 Å². The first-order valence-corrected chi connectivity index (χ1v) is 7.98. The lowest BCUT2D eigenvalue weighted by atomic mass is 9.85. The summed E-state index contributed by atoms with van der Waals surface area (Å²) in [7, 11) is 0. The number of primary amides is 1. The van der Waals surface area contributed by atoms with Gasteiger partial charge in [-0.2, -0.15) is 0 Å². The van der Waals surface area contributed by atoms with Crippen LogP contribution in [0.1, 0.15) is 50.4 Å². The Balaban J connectivity index is 2.04. The highest BCUT2D eigenvalue weighted by Gasteiger charge is 2.25. The summed E-state index contributed by atoms with van der Waals surface area (Å²) in [5, 5.41) is 3.98. The maximum absolute atomic E-state index is 11.2. The number of halogens is 1. The molecular formula is C15H23ClN4O. The minimum absolute atomic E-state index is 0.0220. The monoisotopic (exact) mass is 310 g/mol. The molecule has 0 radical (unpaired) electrons. The van der Waals surface area contributed by atoms with E-state index in [-0.39, 0.29) is 11.8 Å². The predicted molar refractivity (Wildman–Crippen MR) is 84.3 cm³/mol. The topological polar surface area (TPSA) is 80.9 Å². The number of nitrogens with two attached hydrogens (primary N) is 1. The zero-order chi connectivity index (χ0) is 15.4. The summed E-state index contributed by atoms with van der Waals surface area (Å²) in [4.78, 5) is 20.1. The summed E-state index contributed by atoms with van der Waals surface area (Å²) in [5.74, 6) is 1.44. The highest BCUT2D eigenvalue weighted by molar-refractivity contribution is 6.30. The minimum atomic E-state index is -0.181. The average molecular weight is 311 g/mol. The molecule has 1 saturated carbocycles. The second-order valence-electron chi connectivity index (χ2n) is 5.75. The van der Waals surface area contributed by atoms with E-state index in [4.69, 9.17) is 17.3 Å². The molecule has 1 aliphatic rings. The Bertz CT molecular complexity index is 513. The van der Waals surface area contributed by atoms with Gasteiger partial charge in [0.15, 0.2) is 0 Å². The van der Waals surface area contributed by atoms with Crippen LogP contribution in [0.4, 0.5) is 5.82 Å². The molecule has 1 amide bonds. The van der Waals surface area contributed by atoms with Crippen LogP contribution in [0.25, 0.3) is 0 Å². The van der Waals surface area contributed by atoms with Crippen LogP contribution in [-0.4, -0.2) is 21.9 Å². The van der Waals surface area contributed by atoms with Gasteiger partial charge in [0.05, 0.1) is 0 Å². The van der Waals surface area contributed by atoms with Crippen molar-refractivity contribution in [1.29, 1.82) is 0 Å². The molecule has 3 N–H and O–H groups in total. The molecule has 116 valence electrons. The molecule has 1 fully saturated rings. The summed E-state index contributed by atoms with van der Waals surface area (Å²) >= 11 is 6.18. The van der Waals surface area contributed by atoms with Crippen LogP contribution in [0.3, 0.4) is 0 Å². The number of rotatable bonds is 5. The van der Waals surface area contributed by atoms with Gasteiger partial charge in [0, 0.05) is 23.9 Å². The summed E-state index contributed by atoms with van der Waals surface area (Å²) in [6.45, 7) is 4.02. The van der Waals surface area contributed by atoms with Gasteiger partial charge in [-0.15, -0.1) is 0 Å². The summed E-state index contributed by atoms with van der Waals surface area (Å²) in [6, 6.07) is 0.319. The van der Waals surface area contributed by atoms with Crippen LogP contribution in [-0.2, 0) is 11.2 Å². The van der Waals surface area contributed by atoms with Crippen LogP contribution in [0.5, 0.6) is 0 Å². The van der Waals surface area contributed by atoms with E-state index in [9.17, 15) is 4.79 Å². The normalized spacial score (nSPS) is 22.0. The van der Waals surface area contributed by atoms with Gasteiger partial charge in [-0.1, -0.05) is 18.5 Å². The van der Waals surface area contributed by atoms with Crippen molar-refractivity contribution in [2.24, 2.45) is 11.7 Å². The molecular weight excluding hydrogens is 288 g/mol. The summed E-state index contributed by atoms with van der Waals surface area (Å²) < 4.78 is 0. The molecule has 1 aliphatic carbocycles. The number of anilines is 1. The highest BCUT2D eigenvalue weighted by Crippen LogP contribution is 2.28. The van der Waals surface area contributed by atoms with Gasteiger partial charge in [0.25, 0.3) is 0 Å². The molecule has 0 unspecified atom stereocenters. The SMILES string of the molecule is CCCc1nc(Cl)c(C)c(NC2CCC(C(N)=O)CC2)n1. The molecule has 0 aliphatic heterocycles. The molecule has 0 bridgehead atoms. The van der Waals surface area contributed by atoms with Crippen molar-refractivity contribution in [1.82, 2.24) is 9.97 Å². The van der Waals surface area contributed by atoms with Gasteiger partial charge >= 0.3 is 0 Å². The van der Waals surface area contributed by atoms with Crippen LogP contribution >= 0.6 is 11.6 Å². The maximum Gasteiger partial charge on any atom is 0.220 e. The molecule has 1 aromatic heterocycles. The number of carbonyl (C=O) groups is 1. The molecule has 6 heteroatoms. The van der Waals surface area contributed by atoms with Gasteiger partial charge < -0.3 is 11.1 Å². The fourth-order valence-corrected chi connectivity index (χ4v) is 2.91. The van der Waals surface area contributed by atoms with Crippen molar-refractivity contribution in [2.75, 3.05) is 5.32 Å². The fourth-order valence-electron chi connectivity index (χ4n) is 2.72. The minimum Gasteiger partial charge on any atom is -0.369 e. The van der Waals surface area contributed by atoms with Crippen molar-refractivity contribution < 1.29 is 4.79 Å². The molecule has 0 atom stereocenters. The first kappa shape index (κ1) is 16.0. The molecule has 5 nitrogen and oxygen atoms in total. The predicted octanol–water partition coefficient (Wildman–Crippen LogP) is 2.85. The Morgan fingerprint density at radius 2 is 2.00 bits per heavy atom. The number of hydrogen-bond acceptors (Lipinski definition) is 4. The summed E-state index contributed by atoms with van der Waals surface area (Å²) in [5.41, 5.74) is 6.25. The number of hydrogen-bond donors (Lipinski definition) is 2. The van der Waals surface area contributed by atoms with Crippen molar-refractivity contribution in [3.63, 3.8) is 0 Å². The van der Waals surface area contributed by atoms with Crippen molar-refractivity contribution in [3.05, 3.63) is 16.5 Å². The number of nitrogens with zero attached hydrogens (tertiary/aromatic N) is 2. The number of amides is 1. The Hall–Kier alpha value is -1.36. The third-order valence-corrected chi connectivity index (χ3v) is 4.44. The van der Waals surface area contributed by atoms with Gasteiger partial charge in [-0.25, -0.2) is 9.97 Å². The zero-order valence-electron chi connectivity index (χ0n) is 12.7. The van der Waals surface area contributed by atoms with Crippen LogP contribution in [0, 0.1) is 12.8 Å². The van der Waals surface area contributed by atoms with Crippen molar-refractivity contribution >= 4 is 23.3 Å². The third kappa shape index (κ3) is 4.06. The summed E-state index contributed by atoms with van der Waals surface area (Å²) in [6.07, 6.45) is 5.35. The van der Waals surface area contributed by atoms with Gasteiger partial charge in [-0.05, 0) is 39.0 Å². The van der Waals surface area contributed by atoms with Gasteiger partial charge in [-0.3, -0.25) is 4.79 Å². The number of aryl methyl sites for hydroxylation is 1. The first-order valence-electron chi connectivity index (χ1n) is 7.60. The van der Waals surface area contributed by atoms with E-state index >= 15 is 0 Å². The standard InChI is InChI=1S/C15H23ClN4O/c1-3-4-12-19-13(16)9(2)15(20-12)18-11-7-5-10(6-8-11)14(17)21/h10-11H,3-8H2,1-2H3,(H2,17,21)(H,18,19,20). The molecule has 1 aromatic rings. The van der Waals surface area contributed by atoms with Crippen molar-refractivity contribution in [3.8, 4) is 0 Å². The lowest BCUT2D eigenvalue weighted by Gasteiger charge is -2.28. The largest absolute Gasteiger partial charge is 0.369 e.